The van der Waals surface area contributed by atoms with Gasteiger partial charge in [-0.3, -0.25) is 0 Å². The summed E-state index contributed by atoms with van der Waals surface area (Å²) in [5.41, 5.74) is -2.92. The number of hydrogen-bond acceptors (Lipinski definition) is 2. The zero-order chi connectivity index (χ0) is 10.2. The van der Waals surface area contributed by atoms with Gasteiger partial charge in [0.2, 0.25) is 0 Å². The van der Waals surface area contributed by atoms with Gasteiger partial charge in [-0.2, -0.15) is 13.2 Å². The van der Waals surface area contributed by atoms with Crippen molar-refractivity contribution in [1.29, 1.82) is 0 Å². The van der Waals surface area contributed by atoms with Crippen LogP contribution in [0.2, 0.25) is 5.02 Å². The number of hydrogen-bond donors (Lipinski definition) is 0. The van der Waals surface area contributed by atoms with Crippen LogP contribution in [0.15, 0.2) is 15.3 Å². The molecule has 2 nitrogen and oxygen atoms in total. The lowest BCUT2D eigenvalue weighted by atomic mass is 10.2. The van der Waals surface area contributed by atoms with Crippen molar-refractivity contribution >= 4 is 11.6 Å². The van der Waals surface area contributed by atoms with Crippen LogP contribution in [0.1, 0.15) is 11.3 Å². The summed E-state index contributed by atoms with van der Waals surface area (Å²) in [7, 11) is 0. The molecule has 1 rings (SSSR count). The van der Waals surface area contributed by atoms with Crippen LogP contribution in [0.3, 0.4) is 0 Å². The number of alkyl halides is 3. The van der Waals surface area contributed by atoms with E-state index in [1.807, 2.05) is 0 Å². The molecule has 6 heteroatoms. The predicted octanol–water partition coefficient (Wildman–Crippen LogP) is 2.62. The Morgan fingerprint density at radius 3 is 2.38 bits per heavy atom. The lowest BCUT2D eigenvalue weighted by Gasteiger charge is -2.06. The Kier molecular flexibility index (Phi) is 2.38. The lowest BCUT2D eigenvalue weighted by molar-refractivity contribution is -0.139. The summed E-state index contributed by atoms with van der Waals surface area (Å²) in [4.78, 5) is 10.7. The van der Waals surface area contributed by atoms with Crippen LogP contribution in [-0.2, 0) is 6.18 Å². The van der Waals surface area contributed by atoms with Crippen LogP contribution in [0.25, 0.3) is 0 Å². The Hall–Kier alpha value is -0.970. The van der Waals surface area contributed by atoms with Crippen molar-refractivity contribution in [3.8, 4) is 0 Å². The molecule has 13 heavy (non-hydrogen) atoms. The molecule has 0 bridgehead atoms. The largest absolute Gasteiger partial charge is 0.428 e. The third kappa shape index (κ3) is 2.03. The highest BCUT2D eigenvalue weighted by Crippen LogP contribution is 2.32. The maximum Gasteiger partial charge on any atom is 0.424 e. The van der Waals surface area contributed by atoms with Crippen molar-refractivity contribution < 1.29 is 17.6 Å². The van der Waals surface area contributed by atoms with Gasteiger partial charge in [-0.25, -0.2) is 4.79 Å². The van der Waals surface area contributed by atoms with Crippen molar-refractivity contribution in [2.75, 3.05) is 0 Å². The smallest absolute Gasteiger partial charge is 0.424 e. The summed E-state index contributed by atoms with van der Waals surface area (Å²) in [6.45, 7) is 1.34. The molecule has 0 saturated heterocycles. The summed E-state index contributed by atoms with van der Waals surface area (Å²) >= 11 is 5.24. The second kappa shape index (κ2) is 3.06. The molecular formula is C7H4ClF3O2. The van der Waals surface area contributed by atoms with E-state index in [0.717, 1.165) is 6.07 Å². The van der Waals surface area contributed by atoms with E-state index < -0.39 is 22.4 Å². The van der Waals surface area contributed by atoms with Gasteiger partial charge in [0, 0.05) is 0 Å². The number of aryl methyl sites for hydroxylation is 1. The summed E-state index contributed by atoms with van der Waals surface area (Å²) < 4.78 is 40.5. The highest BCUT2D eigenvalue weighted by molar-refractivity contribution is 6.31. The Labute approximate surface area is 75.9 Å². The number of rotatable bonds is 0. The molecule has 0 unspecified atom stereocenters. The van der Waals surface area contributed by atoms with E-state index in [1.165, 1.54) is 6.92 Å². The Morgan fingerprint density at radius 1 is 1.46 bits per heavy atom. The van der Waals surface area contributed by atoms with Crippen LogP contribution in [-0.4, -0.2) is 0 Å². The SMILES string of the molecule is Cc1cc(Cl)c(C(F)(F)F)c(=O)o1. The summed E-state index contributed by atoms with van der Waals surface area (Å²) in [5, 5.41) is -0.638. The first-order valence-electron chi connectivity index (χ1n) is 3.20. The lowest BCUT2D eigenvalue weighted by Crippen LogP contribution is -2.19. The minimum Gasteiger partial charge on any atom is -0.428 e. The third-order valence-corrected chi connectivity index (χ3v) is 1.61. The van der Waals surface area contributed by atoms with Crippen LogP contribution >= 0.6 is 11.6 Å². The predicted molar refractivity (Wildman–Crippen MR) is 39.7 cm³/mol. The van der Waals surface area contributed by atoms with Gasteiger partial charge < -0.3 is 4.42 Å². The number of halogens is 4. The van der Waals surface area contributed by atoms with Gasteiger partial charge in [0.1, 0.15) is 5.76 Å². The summed E-state index contributed by atoms with van der Waals surface area (Å²) in [6, 6.07) is 0.950. The molecule has 1 heterocycles. The zero-order valence-corrected chi connectivity index (χ0v) is 7.16. The van der Waals surface area contributed by atoms with Gasteiger partial charge in [-0.15, -0.1) is 0 Å². The fraction of sp³-hybridized carbons (Fsp3) is 0.286. The van der Waals surface area contributed by atoms with Crippen LogP contribution in [0.5, 0.6) is 0 Å². The first-order chi connectivity index (χ1) is 5.82. The van der Waals surface area contributed by atoms with Crippen molar-refractivity contribution in [3.63, 3.8) is 0 Å². The minimum absolute atomic E-state index is 0.0444. The van der Waals surface area contributed by atoms with E-state index in [1.54, 1.807) is 0 Å². The summed E-state index contributed by atoms with van der Waals surface area (Å²) in [6.07, 6.45) is -4.77. The van der Waals surface area contributed by atoms with E-state index in [-0.39, 0.29) is 5.76 Å². The Morgan fingerprint density at radius 2 is 2.00 bits per heavy atom. The molecule has 0 aliphatic heterocycles. The normalized spacial score (nSPS) is 11.8. The van der Waals surface area contributed by atoms with Crippen molar-refractivity contribution in [1.82, 2.24) is 0 Å². The van der Waals surface area contributed by atoms with E-state index in [9.17, 15) is 18.0 Å². The van der Waals surface area contributed by atoms with E-state index >= 15 is 0 Å². The van der Waals surface area contributed by atoms with Gasteiger partial charge in [0.25, 0.3) is 0 Å². The molecule has 1 aromatic rings. The molecule has 0 spiro atoms. The molecule has 0 radical (unpaired) electrons. The first kappa shape index (κ1) is 10.1. The van der Waals surface area contributed by atoms with E-state index in [0.29, 0.717) is 0 Å². The van der Waals surface area contributed by atoms with Crippen LogP contribution in [0.4, 0.5) is 13.2 Å². The average molecular weight is 213 g/mol. The molecule has 0 aliphatic rings. The highest BCUT2D eigenvalue weighted by atomic mass is 35.5. The van der Waals surface area contributed by atoms with E-state index in [4.69, 9.17) is 11.6 Å². The molecule has 1 aromatic heterocycles. The molecular weight excluding hydrogens is 209 g/mol. The molecule has 0 N–H and O–H groups in total. The second-order valence-corrected chi connectivity index (χ2v) is 2.77. The maximum atomic E-state index is 12.1. The molecule has 0 aromatic carbocycles. The van der Waals surface area contributed by atoms with Crippen molar-refractivity contribution in [2.24, 2.45) is 0 Å². The van der Waals surface area contributed by atoms with Crippen LogP contribution < -0.4 is 5.63 Å². The van der Waals surface area contributed by atoms with Gasteiger partial charge in [0.15, 0.2) is 5.56 Å². The third-order valence-electron chi connectivity index (χ3n) is 1.31. The molecule has 0 atom stereocenters. The molecule has 0 amide bonds. The van der Waals surface area contributed by atoms with Gasteiger partial charge in [0.05, 0.1) is 5.02 Å². The van der Waals surface area contributed by atoms with Gasteiger partial charge >= 0.3 is 11.8 Å². The van der Waals surface area contributed by atoms with E-state index in [2.05, 4.69) is 4.42 Å². The van der Waals surface area contributed by atoms with Gasteiger partial charge in [-0.05, 0) is 13.0 Å². The topological polar surface area (TPSA) is 30.2 Å². The zero-order valence-electron chi connectivity index (χ0n) is 6.41. The van der Waals surface area contributed by atoms with Gasteiger partial charge in [-0.1, -0.05) is 11.6 Å². The highest BCUT2D eigenvalue weighted by Gasteiger charge is 2.37. The van der Waals surface area contributed by atoms with Crippen molar-refractivity contribution in [3.05, 3.63) is 32.8 Å². The fourth-order valence-electron chi connectivity index (χ4n) is 0.826. The average Bonchev–Trinajstić information content (AvgIpc) is 1.78. The monoisotopic (exact) mass is 212 g/mol. The second-order valence-electron chi connectivity index (χ2n) is 2.37. The quantitative estimate of drug-likeness (QED) is 0.662. The van der Waals surface area contributed by atoms with Crippen LogP contribution in [0, 0.1) is 6.92 Å². The molecule has 0 fully saturated rings. The molecule has 0 saturated carbocycles. The Bertz CT molecular complexity index is 380. The first-order valence-corrected chi connectivity index (χ1v) is 3.57. The maximum absolute atomic E-state index is 12.1. The molecule has 72 valence electrons. The fourth-order valence-corrected chi connectivity index (χ4v) is 1.16. The Balaban J connectivity index is 3.47. The standard InChI is InChI=1S/C7H4ClF3O2/c1-3-2-4(8)5(6(12)13-3)7(9,10)11/h2H,1H3. The minimum atomic E-state index is -4.77. The van der Waals surface area contributed by atoms with Crippen molar-refractivity contribution in [2.45, 2.75) is 13.1 Å². The summed E-state index contributed by atoms with van der Waals surface area (Å²) in [5.74, 6) is 0.0444. The molecule has 0 aliphatic carbocycles.